The topological polar surface area (TPSA) is 78.9 Å². The van der Waals surface area contributed by atoms with Gasteiger partial charge in [-0.1, -0.05) is 23.7 Å². The molecule has 1 heterocycles. The summed E-state index contributed by atoms with van der Waals surface area (Å²) in [5, 5.41) is 12.8. The van der Waals surface area contributed by atoms with E-state index in [2.05, 4.69) is 5.32 Å². The van der Waals surface area contributed by atoms with Gasteiger partial charge in [-0.25, -0.2) is 0 Å². The van der Waals surface area contributed by atoms with Crippen molar-refractivity contribution in [2.24, 2.45) is 0 Å². The molecule has 1 fully saturated rings. The van der Waals surface area contributed by atoms with E-state index in [4.69, 9.17) is 16.3 Å². The number of ether oxygens (including phenoxy) is 1. The molecule has 26 heavy (non-hydrogen) atoms. The number of nitrogens with one attached hydrogen (secondary N) is 1. The lowest BCUT2D eigenvalue weighted by molar-refractivity contribution is -0.122. The molecule has 2 N–H and O–H groups in total. The monoisotopic (exact) mass is 390 g/mol. The summed E-state index contributed by atoms with van der Waals surface area (Å²) < 4.78 is 5.05. The number of imide groups is 1. The van der Waals surface area contributed by atoms with Crippen molar-refractivity contribution < 1.29 is 19.4 Å². The SMILES string of the molecule is COc1cc(C=C2SC(=O)N(CNc3cccc(Cl)c3)C2=O)ccc1O. The maximum absolute atomic E-state index is 12.5. The van der Waals surface area contributed by atoms with Gasteiger partial charge in [0.05, 0.1) is 18.7 Å². The van der Waals surface area contributed by atoms with Crippen LogP contribution in [0.3, 0.4) is 0 Å². The molecule has 2 aromatic carbocycles. The minimum atomic E-state index is -0.387. The van der Waals surface area contributed by atoms with Gasteiger partial charge in [0.15, 0.2) is 11.5 Å². The Labute approximate surface area is 159 Å². The number of rotatable bonds is 5. The number of nitrogens with zero attached hydrogens (tertiary/aromatic N) is 1. The van der Waals surface area contributed by atoms with Gasteiger partial charge in [0.2, 0.25) is 0 Å². The molecule has 0 aromatic heterocycles. The summed E-state index contributed by atoms with van der Waals surface area (Å²) in [4.78, 5) is 26.1. The summed E-state index contributed by atoms with van der Waals surface area (Å²) in [5.41, 5.74) is 1.36. The highest BCUT2D eigenvalue weighted by atomic mass is 35.5. The summed E-state index contributed by atoms with van der Waals surface area (Å²) >= 11 is 6.78. The minimum absolute atomic E-state index is 0.00322. The molecule has 0 saturated carbocycles. The fraction of sp³-hybridized carbons (Fsp3) is 0.111. The van der Waals surface area contributed by atoms with E-state index in [1.165, 1.54) is 13.2 Å². The fourth-order valence-electron chi connectivity index (χ4n) is 2.34. The van der Waals surface area contributed by atoms with Gasteiger partial charge in [0, 0.05) is 10.7 Å². The second-order valence-corrected chi connectivity index (χ2v) is 6.82. The number of thioether (sulfide) groups is 1. The van der Waals surface area contributed by atoms with Crippen LogP contribution in [0.4, 0.5) is 10.5 Å². The Kier molecular flexibility index (Phi) is 5.39. The van der Waals surface area contributed by atoms with Crippen LogP contribution in [0.2, 0.25) is 5.02 Å². The van der Waals surface area contributed by atoms with Crippen molar-refractivity contribution in [3.63, 3.8) is 0 Å². The molecular weight excluding hydrogens is 376 g/mol. The van der Waals surface area contributed by atoms with Crippen LogP contribution in [-0.4, -0.2) is 34.9 Å². The van der Waals surface area contributed by atoms with Gasteiger partial charge in [0.25, 0.3) is 11.1 Å². The zero-order chi connectivity index (χ0) is 18.7. The number of halogens is 1. The third-order valence-corrected chi connectivity index (χ3v) is 4.78. The number of carbonyl (C=O) groups is 2. The molecule has 2 aromatic rings. The second-order valence-electron chi connectivity index (χ2n) is 5.39. The minimum Gasteiger partial charge on any atom is -0.504 e. The smallest absolute Gasteiger partial charge is 0.295 e. The number of anilines is 1. The van der Waals surface area contributed by atoms with Gasteiger partial charge in [-0.3, -0.25) is 14.5 Å². The van der Waals surface area contributed by atoms with Crippen LogP contribution in [0, 0.1) is 0 Å². The first kappa shape index (κ1) is 18.2. The van der Waals surface area contributed by atoms with E-state index in [1.54, 1.807) is 42.5 Å². The zero-order valence-corrected chi connectivity index (χ0v) is 15.3. The Morgan fingerprint density at radius 3 is 2.81 bits per heavy atom. The average molecular weight is 391 g/mol. The Morgan fingerprint density at radius 2 is 2.08 bits per heavy atom. The molecule has 0 atom stereocenters. The van der Waals surface area contributed by atoms with Crippen molar-refractivity contribution >= 4 is 46.3 Å². The van der Waals surface area contributed by atoms with E-state index in [-0.39, 0.29) is 23.6 Å². The van der Waals surface area contributed by atoms with Crippen molar-refractivity contribution in [1.29, 1.82) is 0 Å². The maximum Gasteiger partial charge on any atom is 0.295 e. The number of methoxy groups -OCH3 is 1. The summed E-state index contributed by atoms with van der Waals surface area (Å²) in [6.07, 6.45) is 1.59. The van der Waals surface area contributed by atoms with E-state index in [0.717, 1.165) is 16.7 Å². The molecular formula is C18H15ClN2O4S. The summed E-state index contributed by atoms with van der Waals surface area (Å²) in [6, 6.07) is 11.7. The Bertz CT molecular complexity index is 901. The van der Waals surface area contributed by atoms with Crippen molar-refractivity contribution in [2.75, 3.05) is 19.1 Å². The molecule has 1 aliphatic rings. The van der Waals surface area contributed by atoms with Crippen LogP contribution in [0.25, 0.3) is 6.08 Å². The number of carbonyl (C=O) groups excluding carboxylic acids is 2. The predicted octanol–water partition coefficient (Wildman–Crippen LogP) is 4.16. The highest BCUT2D eigenvalue weighted by Gasteiger charge is 2.34. The van der Waals surface area contributed by atoms with Gasteiger partial charge >= 0.3 is 0 Å². The number of phenols is 1. The van der Waals surface area contributed by atoms with Crippen LogP contribution in [0.15, 0.2) is 47.4 Å². The molecule has 2 amide bonds. The number of aromatic hydroxyl groups is 1. The molecule has 6 nitrogen and oxygen atoms in total. The molecule has 0 unspecified atom stereocenters. The zero-order valence-electron chi connectivity index (χ0n) is 13.7. The van der Waals surface area contributed by atoms with Gasteiger partial charge in [0.1, 0.15) is 0 Å². The van der Waals surface area contributed by atoms with E-state index in [9.17, 15) is 14.7 Å². The number of benzene rings is 2. The molecule has 0 aliphatic carbocycles. The van der Waals surface area contributed by atoms with E-state index < -0.39 is 0 Å². The van der Waals surface area contributed by atoms with Crippen LogP contribution in [0.5, 0.6) is 11.5 Å². The standard InChI is InChI=1S/C18H15ClN2O4S/c1-25-15-7-11(5-6-14(15)22)8-16-17(23)21(18(24)26-16)10-20-13-4-2-3-12(19)9-13/h2-9,20,22H,10H2,1H3. The fourth-order valence-corrected chi connectivity index (χ4v) is 3.37. The summed E-state index contributed by atoms with van der Waals surface area (Å²) in [7, 11) is 1.44. The molecule has 0 radical (unpaired) electrons. The average Bonchev–Trinajstić information content (AvgIpc) is 2.88. The first-order valence-corrected chi connectivity index (χ1v) is 8.79. The van der Waals surface area contributed by atoms with E-state index >= 15 is 0 Å². The third-order valence-electron chi connectivity index (χ3n) is 3.64. The second kappa shape index (κ2) is 7.72. The van der Waals surface area contributed by atoms with Crippen LogP contribution in [0.1, 0.15) is 5.56 Å². The van der Waals surface area contributed by atoms with Crippen molar-refractivity contribution in [3.8, 4) is 11.5 Å². The van der Waals surface area contributed by atoms with Gasteiger partial charge in [-0.2, -0.15) is 0 Å². The molecule has 1 aliphatic heterocycles. The first-order valence-electron chi connectivity index (χ1n) is 7.60. The van der Waals surface area contributed by atoms with Gasteiger partial charge in [-0.05, 0) is 53.7 Å². The van der Waals surface area contributed by atoms with Crippen molar-refractivity contribution in [3.05, 3.63) is 58.0 Å². The molecule has 1 saturated heterocycles. The molecule has 134 valence electrons. The molecule has 0 spiro atoms. The summed E-state index contributed by atoms with van der Waals surface area (Å²) in [6.45, 7) is 0.0429. The number of phenolic OH excluding ortho intramolecular Hbond substituents is 1. The first-order chi connectivity index (χ1) is 12.5. The molecule has 3 rings (SSSR count). The lowest BCUT2D eigenvalue weighted by Crippen LogP contribution is -2.33. The highest BCUT2D eigenvalue weighted by molar-refractivity contribution is 8.18. The largest absolute Gasteiger partial charge is 0.504 e. The third kappa shape index (κ3) is 3.95. The quantitative estimate of drug-likeness (QED) is 0.746. The van der Waals surface area contributed by atoms with Crippen molar-refractivity contribution in [1.82, 2.24) is 4.90 Å². The predicted molar refractivity (Wildman–Crippen MR) is 102 cm³/mol. The van der Waals surface area contributed by atoms with Gasteiger partial charge < -0.3 is 15.2 Å². The Hall–Kier alpha value is -2.64. The van der Waals surface area contributed by atoms with Gasteiger partial charge in [-0.15, -0.1) is 0 Å². The lowest BCUT2D eigenvalue weighted by Gasteiger charge is -2.14. The van der Waals surface area contributed by atoms with E-state index in [0.29, 0.717) is 26.9 Å². The highest BCUT2D eigenvalue weighted by Crippen LogP contribution is 2.34. The number of hydrogen-bond acceptors (Lipinski definition) is 6. The van der Waals surface area contributed by atoms with Crippen LogP contribution in [-0.2, 0) is 4.79 Å². The maximum atomic E-state index is 12.5. The lowest BCUT2D eigenvalue weighted by atomic mass is 10.2. The Balaban J connectivity index is 1.74. The number of amides is 2. The van der Waals surface area contributed by atoms with Crippen molar-refractivity contribution in [2.45, 2.75) is 0 Å². The summed E-state index contributed by atoms with van der Waals surface area (Å²) in [5.74, 6) is -0.0920. The van der Waals surface area contributed by atoms with Crippen LogP contribution < -0.4 is 10.1 Å². The normalized spacial score (nSPS) is 15.6. The molecule has 0 bridgehead atoms. The number of hydrogen-bond donors (Lipinski definition) is 2. The van der Waals surface area contributed by atoms with Crippen LogP contribution >= 0.6 is 23.4 Å². The van der Waals surface area contributed by atoms with E-state index in [1.807, 2.05) is 0 Å². The molecule has 8 heteroatoms. The Morgan fingerprint density at radius 1 is 1.27 bits per heavy atom.